The van der Waals surface area contributed by atoms with Gasteiger partial charge in [-0.2, -0.15) is 0 Å². The molecule has 4 unspecified atom stereocenters. The van der Waals surface area contributed by atoms with Crippen molar-refractivity contribution in [3.05, 3.63) is 0 Å². The third-order valence-electron chi connectivity index (χ3n) is 3.77. The second-order valence-corrected chi connectivity index (χ2v) is 6.43. The molecule has 12 heteroatoms. The summed E-state index contributed by atoms with van der Waals surface area (Å²) in [7, 11) is 0. The molecule has 0 aliphatic rings. The maximum absolute atomic E-state index is 12.3. The van der Waals surface area contributed by atoms with Gasteiger partial charge in [-0.15, -0.1) is 0 Å². The molecule has 0 radical (unpaired) electrons. The molecule has 0 bridgehead atoms. The number of carboxylic acid groups (broad SMARTS) is 1. The fourth-order valence-electron chi connectivity index (χ4n) is 2.14. The Morgan fingerprint density at radius 3 is 1.93 bits per heavy atom. The van der Waals surface area contributed by atoms with Gasteiger partial charge in [0.1, 0.15) is 18.1 Å². The summed E-state index contributed by atoms with van der Waals surface area (Å²) in [4.78, 5) is 58.6. The molecule has 0 aromatic heterocycles. The Hall–Kier alpha value is -2.73. The van der Waals surface area contributed by atoms with Crippen LogP contribution in [0.25, 0.3) is 0 Å². The number of carbonyl (C=O) groups excluding carboxylic acids is 4. The molecule has 4 atom stereocenters. The van der Waals surface area contributed by atoms with E-state index in [1.165, 1.54) is 13.8 Å². The number of carboxylic acids is 1. The van der Waals surface area contributed by atoms with Crippen molar-refractivity contribution in [1.29, 1.82) is 0 Å². The summed E-state index contributed by atoms with van der Waals surface area (Å²) in [5.74, 6) is -4.28. The highest BCUT2D eigenvalue weighted by Gasteiger charge is 2.28. The minimum Gasteiger partial charge on any atom is -0.480 e. The van der Waals surface area contributed by atoms with Crippen LogP contribution in [0.2, 0.25) is 0 Å². The van der Waals surface area contributed by atoms with Gasteiger partial charge in [0.2, 0.25) is 23.6 Å². The molecule has 0 aliphatic heterocycles. The lowest BCUT2D eigenvalue weighted by molar-refractivity contribution is -0.142. The maximum Gasteiger partial charge on any atom is 0.326 e. The average Bonchev–Trinajstić information content (AvgIpc) is 2.59. The van der Waals surface area contributed by atoms with E-state index in [1.807, 2.05) is 0 Å². The smallest absolute Gasteiger partial charge is 0.326 e. The Balaban J connectivity index is 4.91. The van der Waals surface area contributed by atoms with Crippen LogP contribution < -0.4 is 33.2 Å². The first kappa shape index (κ1) is 25.3. The van der Waals surface area contributed by atoms with Crippen molar-refractivity contribution in [2.24, 2.45) is 17.2 Å². The van der Waals surface area contributed by atoms with Gasteiger partial charge in [-0.25, -0.2) is 4.79 Å². The van der Waals surface area contributed by atoms with E-state index in [4.69, 9.17) is 17.2 Å². The van der Waals surface area contributed by atoms with E-state index in [1.54, 1.807) is 0 Å². The highest BCUT2D eigenvalue weighted by molar-refractivity contribution is 5.95. The van der Waals surface area contributed by atoms with E-state index in [0.29, 0.717) is 19.4 Å². The van der Waals surface area contributed by atoms with E-state index in [0.717, 1.165) is 0 Å². The van der Waals surface area contributed by atoms with Gasteiger partial charge < -0.3 is 38.3 Å². The Labute approximate surface area is 162 Å². The van der Waals surface area contributed by atoms with E-state index in [9.17, 15) is 29.1 Å². The quantitative estimate of drug-likeness (QED) is 0.156. The summed E-state index contributed by atoms with van der Waals surface area (Å²) in [5.41, 5.74) is 15.8. The van der Waals surface area contributed by atoms with Crippen molar-refractivity contribution in [2.75, 3.05) is 6.54 Å². The third-order valence-corrected chi connectivity index (χ3v) is 3.77. The normalized spacial score (nSPS) is 14.9. The van der Waals surface area contributed by atoms with Gasteiger partial charge >= 0.3 is 5.97 Å². The lowest BCUT2D eigenvalue weighted by atomic mass is 10.1. The highest BCUT2D eigenvalue weighted by Crippen LogP contribution is 2.02. The fraction of sp³-hybridized carbons (Fsp3) is 0.688. The minimum absolute atomic E-state index is 0.188. The van der Waals surface area contributed by atoms with Gasteiger partial charge in [0, 0.05) is 0 Å². The predicted molar refractivity (Wildman–Crippen MR) is 99.5 cm³/mol. The molecule has 0 rings (SSSR count). The number of nitrogens with one attached hydrogen (secondary N) is 3. The van der Waals surface area contributed by atoms with E-state index in [2.05, 4.69) is 16.0 Å². The summed E-state index contributed by atoms with van der Waals surface area (Å²) in [6.45, 7) is 3.13. The van der Waals surface area contributed by atoms with Gasteiger partial charge in [-0.05, 0) is 39.7 Å². The lowest BCUT2D eigenvalue weighted by Crippen LogP contribution is -2.56. The number of amides is 4. The van der Waals surface area contributed by atoms with Gasteiger partial charge in [-0.3, -0.25) is 19.2 Å². The van der Waals surface area contributed by atoms with Crippen molar-refractivity contribution >= 4 is 29.6 Å². The number of nitrogens with two attached hydrogens (primary N) is 3. The molecular weight excluding hydrogens is 372 g/mol. The number of carbonyl (C=O) groups is 5. The van der Waals surface area contributed by atoms with Crippen LogP contribution in [0.4, 0.5) is 0 Å². The standard InChI is InChI=1S/C16H30N6O6/c1-8(18)13(24)22-11(7-12(19)23)15(26)20-9(2)14(25)21-10(16(27)28)5-3-4-6-17/h8-11H,3-7,17-18H2,1-2H3,(H2,19,23)(H,20,26)(H,21,25)(H,22,24)(H,27,28). The van der Waals surface area contributed by atoms with Crippen molar-refractivity contribution in [3.63, 3.8) is 0 Å². The molecule has 10 N–H and O–H groups in total. The zero-order valence-electron chi connectivity index (χ0n) is 16.1. The number of rotatable bonds is 13. The highest BCUT2D eigenvalue weighted by atomic mass is 16.4. The molecule has 160 valence electrons. The van der Waals surface area contributed by atoms with Crippen LogP contribution in [0.1, 0.15) is 39.5 Å². The molecule has 0 saturated heterocycles. The maximum atomic E-state index is 12.3. The molecule has 4 amide bonds. The molecule has 0 spiro atoms. The van der Waals surface area contributed by atoms with Crippen LogP contribution in [0.3, 0.4) is 0 Å². The largest absolute Gasteiger partial charge is 0.480 e. The summed E-state index contributed by atoms with van der Waals surface area (Å²) in [5, 5.41) is 16.1. The number of aliphatic carboxylic acids is 1. The van der Waals surface area contributed by atoms with Gasteiger partial charge in [-0.1, -0.05) is 0 Å². The van der Waals surface area contributed by atoms with E-state index < -0.39 is 60.2 Å². The molecule has 12 nitrogen and oxygen atoms in total. The van der Waals surface area contributed by atoms with Crippen LogP contribution >= 0.6 is 0 Å². The average molecular weight is 402 g/mol. The minimum atomic E-state index is -1.31. The number of unbranched alkanes of at least 4 members (excludes halogenated alkanes) is 1. The van der Waals surface area contributed by atoms with Gasteiger partial charge in [0.25, 0.3) is 0 Å². The van der Waals surface area contributed by atoms with Crippen LogP contribution in [-0.4, -0.2) is 65.4 Å². The summed E-state index contributed by atoms with van der Waals surface area (Å²) < 4.78 is 0. The lowest BCUT2D eigenvalue weighted by Gasteiger charge is -2.22. The SMILES string of the molecule is CC(N)C(=O)NC(CC(N)=O)C(=O)NC(C)C(=O)NC(CCCCN)C(=O)O. The zero-order valence-corrected chi connectivity index (χ0v) is 16.1. The van der Waals surface area contributed by atoms with Crippen molar-refractivity contribution in [1.82, 2.24) is 16.0 Å². The number of hydrogen-bond acceptors (Lipinski definition) is 7. The zero-order chi connectivity index (χ0) is 21.9. The summed E-state index contributed by atoms with van der Waals surface area (Å²) >= 11 is 0. The monoisotopic (exact) mass is 402 g/mol. The first-order chi connectivity index (χ1) is 13.0. The first-order valence-corrected chi connectivity index (χ1v) is 8.87. The van der Waals surface area contributed by atoms with Gasteiger partial charge in [0.05, 0.1) is 12.5 Å². The molecule has 0 saturated carbocycles. The molecular formula is C16H30N6O6. The van der Waals surface area contributed by atoms with Crippen LogP contribution in [0.15, 0.2) is 0 Å². The first-order valence-electron chi connectivity index (χ1n) is 8.87. The molecule has 28 heavy (non-hydrogen) atoms. The van der Waals surface area contributed by atoms with E-state index in [-0.39, 0.29) is 6.42 Å². The second kappa shape index (κ2) is 12.6. The predicted octanol–water partition coefficient (Wildman–Crippen LogP) is -3.10. The van der Waals surface area contributed by atoms with Crippen LogP contribution in [-0.2, 0) is 24.0 Å². The van der Waals surface area contributed by atoms with Crippen molar-refractivity contribution in [2.45, 2.75) is 63.7 Å². The van der Waals surface area contributed by atoms with E-state index >= 15 is 0 Å². The summed E-state index contributed by atoms with van der Waals surface area (Å²) in [6.07, 6.45) is 0.821. The molecule has 0 aromatic rings. The summed E-state index contributed by atoms with van der Waals surface area (Å²) in [6, 6.07) is -4.48. The van der Waals surface area contributed by atoms with Crippen molar-refractivity contribution in [3.8, 4) is 0 Å². The Kier molecular flexibility index (Phi) is 11.4. The Morgan fingerprint density at radius 1 is 0.893 bits per heavy atom. The Morgan fingerprint density at radius 2 is 1.46 bits per heavy atom. The molecule has 0 fully saturated rings. The topological polar surface area (TPSA) is 220 Å². The molecule has 0 aliphatic carbocycles. The third kappa shape index (κ3) is 9.83. The van der Waals surface area contributed by atoms with Crippen LogP contribution in [0, 0.1) is 0 Å². The molecule has 0 heterocycles. The van der Waals surface area contributed by atoms with Crippen molar-refractivity contribution < 1.29 is 29.1 Å². The number of hydrogen-bond donors (Lipinski definition) is 7. The van der Waals surface area contributed by atoms with Crippen LogP contribution in [0.5, 0.6) is 0 Å². The molecule has 0 aromatic carbocycles. The Bertz CT molecular complexity index is 582. The fourth-order valence-corrected chi connectivity index (χ4v) is 2.14. The van der Waals surface area contributed by atoms with Gasteiger partial charge in [0.15, 0.2) is 0 Å². The second-order valence-electron chi connectivity index (χ2n) is 6.43. The number of primary amides is 1.